The fourth-order valence-corrected chi connectivity index (χ4v) is 1.27. The largest absolute Gasteiger partial charge is 0.356 e. The van der Waals surface area contributed by atoms with Gasteiger partial charge in [0, 0.05) is 12.5 Å². The van der Waals surface area contributed by atoms with Crippen LogP contribution in [0.15, 0.2) is 0 Å². The van der Waals surface area contributed by atoms with Crippen LogP contribution in [0.2, 0.25) is 0 Å². The monoisotopic (exact) mass is 199 g/mol. The zero-order valence-electron chi connectivity index (χ0n) is 10.1. The number of amides is 1. The van der Waals surface area contributed by atoms with Gasteiger partial charge in [0.15, 0.2) is 0 Å². The van der Waals surface area contributed by atoms with Crippen molar-refractivity contribution in [2.45, 2.75) is 53.4 Å². The van der Waals surface area contributed by atoms with Crippen LogP contribution in [0.1, 0.15) is 53.4 Å². The molecule has 0 rings (SSSR count). The highest BCUT2D eigenvalue weighted by Crippen LogP contribution is 2.07. The van der Waals surface area contributed by atoms with E-state index in [0.29, 0.717) is 0 Å². The first-order chi connectivity index (χ1) is 6.54. The summed E-state index contributed by atoms with van der Waals surface area (Å²) in [6.45, 7) is 9.19. The van der Waals surface area contributed by atoms with Gasteiger partial charge < -0.3 is 5.32 Å². The number of hydrogen-bond donors (Lipinski definition) is 1. The van der Waals surface area contributed by atoms with Crippen LogP contribution in [-0.4, -0.2) is 12.5 Å². The number of nitrogens with one attached hydrogen (secondary N) is 1. The van der Waals surface area contributed by atoms with E-state index < -0.39 is 0 Å². The summed E-state index contributed by atoms with van der Waals surface area (Å²) in [7, 11) is 0. The fourth-order valence-electron chi connectivity index (χ4n) is 1.27. The first kappa shape index (κ1) is 13.5. The van der Waals surface area contributed by atoms with Crippen molar-refractivity contribution in [3.8, 4) is 0 Å². The summed E-state index contributed by atoms with van der Waals surface area (Å²) in [5, 5.41) is 2.93. The van der Waals surface area contributed by atoms with Crippen molar-refractivity contribution in [1.82, 2.24) is 5.32 Å². The molecule has 0 aromatic heterocycles. The maximum Gasteiger partial charge on any atom is 0.222 e. The van der Waals surface area contributed by atoms with Gasteiger partial charge in [0.25, 0.3) is 0 Å². The van der Waals surface area contributed by atoms with Crippen molar-refractivity contribution in [1.29, 1.82) is 0 Å². The van der Waals surface area contributed by atoms with E-state index in [0.717, 1.165) is 18.9 Å². The Hall–Kier alpha value is -0.530. The summed E-state index contributed by atoms with van der Waals surface area (Å²) in [4.78, 5) is 11.2. The molecule has 0 saturated carbocycles. The molecule has 0 aliphatic heterocycles. The summed E-state index contributed by atoms with van der Waals surface area (Å²) < 4.78 is 0. The van der Waals surface area contributed by atoms with Crippen LogP contribution in [0.5, 0.6) is 0 Å². The number of carbonyl (C=O) groups is 1. The van der Waals surface area contributed by atoms with E-state index in [1.165, 1.54) is 19.3 Å². The lowest BCUT2D eigenvalue weighted by atomic mass is 10.1. The maximum absolute atomic E-state index is 11.2. The summed E-state index contributed by atoms with van der Waals surface area (Å²) in [5.74, 6) is 1.10. The van der Waals surface area contributed by atoms with Gasteiger partial charge >= 0.3 is 0 Å². The molecular formula is C12H25NO. The summed E-state index contributed by atoms with van der Waals surface area (Å²) >= 11 is 0. The van der Waals surface area contributed by atoms with Crippen LogP contribution in [0.25, 0.3) is 0 Å². The van der Waals surface area contributed by atoms with E-state index in [2.05, 4.69) is 19.2 Å². The topological polar surface area (TPSA) is 29.1 Å². The minimum Gasteiger partial charge on any atom is -0.356 e. The van der Waals surface area contributed by atoms with Gasteiger partial charge in [-0.25, -0.2) is 0 Å². The van der Waals surface area contributed by atoms with Gasteiger partial charge in [-0.3, -0.25) is 4.79 Å². The Bertz CT molecular complexity index is 152. The van der Waals surface area contributed by atoms with E-state index >= 15 is 0 Å². The van der Waals surface area contributed by atoms with Crippen molar-refractivity contribution in [3.63, 3.8) is 0 Å². The molecule has 84 valence electrons. The van der Waals surface area contributed by atoms with Gasteiger partial charge in [0.2, 0.25) is 5.91 Å². The lowest BCUT2D eigenvalue weighted by Crippen LogP contribution is -2.28. The molecule has 0 radical (unpaired) electrons. The third-order valence-corrected chi connectivity index (χ3v) is 2.28. The van der Waals surface area contributed by atoms with Crippen LogP contribution in [0.3, 0.4) is 0 Å². The maximum atomic E-state index is 11.2. The molecule has 0 aromatic carbocycles. The number of unbranched alkanes of at least 4 members (excludes halogenated alkanes) is 2. The molecular weight excluding hydrogens is 174 g/mol. The molecule has 1 N–H and O–H groups in total. The first-order valence-corrected chi connectivity index (χ1v) is 5.81. The summed E-state index contributed by atoms with van der Waals surface area (Å²) in [5.41, 5.74) is 0. The molecule has 2 heteroatoms. The molecule has 0 bridgehead atoms. The Labute approximate surface area is 88.5 Å². The van der Waals surface area contributed by atoms with Gasteiger partial charge in [-0.1, -0.05) is 47.0 Å². The van der Waals surface area contributed by atoms with E-state index in [4.69, 9.17) is 0 Å². The molecule has 2 nitrogen and oxygen atoms in total. The normalized spacial score (nSPS) is 11.0. The first-order valence-electron chi connectivity index (χ1n) is 5.81. The molecule has 1 amide bonds. The highest BCUT2D eigenvalue weighted by molar-refractivity contribution is 5.77. The Morgan fingerprint density at radius 1 is 1.07 bits per heavy atom. The third kappa shape index (κ3) is 8.09. The van der Waals surface area contributed by atoms with E-state index in [1.807, 2.05) is 13.8 Å². The molecule has 0 saturated heterocycles. The molecule has 0 atom stereocenters. The smallest absolute Gasteiger partial charge is 0.222 e. The molecule has 0 aliphatic rings. The van der Waals surface area contributed by atoms with Crippen molar-refractivity contribution in [2.24, 2.45) is 11.8 Å². The van der Waals surface area contributed by atoms with E-state index in [-0.39, 0.29) is 11.8 Å². The highest BCUT2D eigenvalue weighted by Gasteiger charge is 2.04. The molecule has 0 heterocycles. The Morgan fingerprint density at radius 2 is 1.71 bits per heavy atom. The summed E-state index contributed by atoms with van der Waals surface area (Å²) in [6.07, 6.45) is 4.94. The Kier molecular flexibility index (Phi) is 7.54. The van der Waals surface area contributed by atoms with Crippen molar-refractivity contribution >= 4 is 5.91 Å². The SMILES string of the molecule is CC(C)CCCCCNC(=O)C(C)C. The molecule has 0 aromatic rings. The van der Waals surface area contributed by atoms with Crippen molar-refractivity contribution < 1.29 is 4.79 Å². The fraction of sp³-hybridized carbons (Fsp3) is 0.917. The Morgan fingerprint density at radius 3 is 2.21 bits per heavy atom. The number of hydrogen-bond acceptors (Lipinski definition) is 1. The van der Waals surface area contributed by atoms with E-state index in [9.17, 15) is 4.79 Å². The van der Waals surface area contributed by atoms with Crippen LogP contribution in [0, 0.1) is 11.8 Å². The number of rotatable bonds is 7. The molecule has 14 heavy (non-hydrogen) atoms. The zero-order chi connectivity index (χ0) is 11.0. The average Bonchev–Trinajstić information content (AvgIpc) is 2.09. The average molecular weight is 199 g/mol. The van der Waals surface area contributed by atoms with Gasteiger partial charge in [-0.05, 0) is 12.3 Å². The number of carbonyl (C=O) groups excluding carboxylic acids is 1. The van der Waals surface area contributed by atoms with Gasteiger partial charge in [0.1, 0.15) is 0 Å². The van der Waals surface area contributed by atoms with Crippen molar-refractivity contribution in [3.05, 3.63) is 0 Å². The molecule has 0 spiro atoms. The standard InChI is InChI=1S/C12H25NO/c1-10(2)8-6-5-7-9-13-12(14)11(3)4/h10-11H,5-9H2,1-4H3,(H,13,14). The van der Waals surface area contributed by atoms with Crippen LogP contribution < -0.4 is 5.32 Å². The molecule has 0 fully saturated rings. The van der Waals surface area contributed by atoms with Gasteiger partial charge in [0.05, 0.1) is 0 Å². The quantitative estimate of drug-likeness (QED) is 0.627. The predicted molar refractivity (Wildman–Crippen MR) is 61.2 cm³/mol. The molecule has 0 unspecified atom stereocenters. The third-order valence-electron chi connectivity index (χ3n) is 2.28. The second kappa shape index (κ2) is 7.84. The second-order valence-corrected chi connectivity index (χ2v) is 4.69. The minimum atomic E-state index is 0.116. The van der Waals surface area contributed by atoms with Gasteiger partial charge in [-0.2, -0.15) is 0 Å². The van der Waals surface area contributed by atoms with Gasteiger partial charge in [-0.15, -0.1) is 0 Å². The lowest BCUT2D eigenvalue weighted by molar-refractivity contribution is -0.123. The van der Waals surface area contributed by atoms with Crippen LogP contribution >= 0.6 is 0 Å². The molecule has 0 aliphatic carbocycles. The summed E-state index contributed by atoms with van der Waals surface area (Å²) in [6, 6.07) is 0. The predicted octanol–water partition coefficient (Wildman–Crippen LogP) is 2.98. The second-order valence-electron chi connectivity index (χ2n) is 4.69. The van der Waals surface area contributed by atoms with E-state index in [1.54, 1.807) is 0 Å². The van der Waals surface area contributed by atoms with Crippen LogP contribution in [-0.2, 0) is 4.79 Å². The van der Waals surface area contributed by atoms with Crippen LogP contribution in [0.4, 0.5) is 0 Å². The zero-order valence-corrected chi connectivity index (χ0v) is 10.1. The highest BCUT2D eigenvalue weighted by atomic mass is 16.1. The Balaban J connectivity index is 3.18. The lowest BCUT2D eigenvalue weighted by Gasteiger charge is -2.07. The minimum absolute atomic E-state index is 0.116. The van der Waals surface area contributed by atoms with Crippen molar-refractivity contribution in [2.75, 3.05) is 6.54 Å².